The van der Waals surface area contributed by atoms with E-state index in [4.69, 9.17) is 5.73 Å². The number of aromatic nitrogens is 2. The van der Waals surface area contributed by atoms with Crippen LogP contribution in [0.3, 0.4) is 0 Å². The van der Waals surface area contributed by atoms with Gasteiger partial charge in [-0.3, -0.25) is 4.79 Å². The maximum atomic E-state index is 12.5. The van der Waals surface area contributed by atoms with Crippen LogP contribution in [-0.4, -0.2) is 29.2 Å². The number of rotatable bonds is 4. The highest BCUT2D eigenvalue weighted by molar-refractivity contribution is 5.37. The molecule has 3 rings (SSSR count). The zero-order chi connectivity index (χ0) is 13.4. The fourth-order valence-electron chi connectivity index (χ4n) is 3.26. The van der Waals surface area contributed by atoms with Gasteiger partial charge in [0, 0.05) is 31.5 Å². The van der Waals surface area contributed by atoms with E-state index in [1.165, 1.54) is 6.42 Å². The lowest BCUT2D eigenvalue weighted by Crippen LogP contribution is -2.41. The van der Waals surface area contributed by atoms with Gasteiger partial charge in [0.15, 0.2) is 5.82 Å². The lowest BCUT2D eigenvalue weighted by Gasteiger charge is -2.29. The van der Waals surface area contributed by atoms with Gasteiger partial charge in [0.2, 0.25) is 0 Å². The normalized spacial score (nSPS) is 26.6. The molecule has 0 radical (unpaired) electrons. The predicted molar refractivity (Wildman–Crippen MR) is 75.4 cm³/mol. The molecule has 2 unspecified atom stereocenters. The topological polar surface area (TPSA) is 64.2 Å². The zero-order valence-electron chi connectivity index (χ0n) is 11.5. The fraction of sp³-hybridized carbons (Fsp3) is 0.714. The van der Waals surface area contributed by atoms with Crippen molar-refractivity contribution in [1.29, 1.82) is 0 Å². The molecule has 1 aromatic rings. The summed E-state index contributed by atoms with van der Waals surface area (Å²) >= 11 is 0. The van der Waals surface area contributed by atoms with Gasteiger partial charge in [0.05, 0.1) is 0 Å². The van der Waals surface area contributed by atoms with Crippen molar-refractivity contribution in [3.63, 3.8) is 0 Å². The van der Waals surface area contributed by atoms with Crippen molar-refractivity contribution in [2.75, 3.05) is 18.5 Å². The van der Waals surface area contributed by atoms with Crippen molar-refractivity contribution >= 4 is 5.82 Å². The third kappa shape index (κ3) is 2.27. The van der Waals surface area contributed by atoms with Gasteiger partial charge in [0.1, 0.15) is 0 Å². The van der Waals surface area contributed by atoms with Crippen molar-refractivity contribution in [3.8, 4) is 0 Å². The maximum absolute atomic E-state index is 12.5. The SMILES string of the molecule is CN(c1nccn(C2CC2)c1=O)C1CCCC1CN. The van der Waals surface area contributed by atoms with E-state index < -0.39 is 0 Å². The molecule has 0 aliphatic heterocycles. The first-order valence-corrected chi connectivity index (χ1v) is 7.22. The first kappa shape index (κ1) is 12.7. The van der Waals surface area contributed by atoms with Gasteiger partial charge in [-0.15, -0.1) is 0 Å². The summed E-state index contributed by atoms with van der Waals surface area (Å²) < 4.78 is 1.84. The standard InChI is InChI=1S/C14H22N4O/c1-17(12-4-2-3-10(12)9-15)13-14(19)18(8-7-16-13)11-5-6-11/h7-8,10-12H,2-6,9,15H2,1H3. The molecular weight excluding hydrogens is 240 g/mol. The Morgan fingerprint density at radius 2 is 2.21 bits per heavy atom. The second-order valence-corrected chi connectivity index (χ2v) is 5.80. The summed E-state index contributed by atoms with van der Waals surface area (Å²) in [5, 5.41) is 0. The van der Waals surface area contributed by atoms with E-state index in [0.29, 0.717) is 30.4 Å². The minimum atomic E-state index is 0.0511. The Bertz CT molecular complexity index is 508. The van der Waals surface area contributed by atoms with Gasteiger partial charge in [-0.1, -0.05) is 6.42 Å². The van der Waals surface area contributed by atoms with Crippen LogP contribution in [0.4, 0.5) is 5.82 Å². The summed E-state index contributed by atoms with van der Waals surface area (Å²) in [6, 6.07) is 0.761. The highest BCUT2D eigenvalue weighted by Crippen LogP contribution is 2.34. The Kier molecular flexibility index (Phi) is 3.31. The van der Waals surface area contributed by atoms with Crippen molar-refractivity contribution in [2.45, 2.75) is 44.2 Å². The molecule has 2 atom stereocenters. The zero-order valence-corrected chi connectivity index (χ0v) is 11.5. The van der Waals surface area contributed by atoms with Crippen molar-refractivity contribution < 1.29 is 0 Å². The van der Waals surface area contributed by atoms with Crippen LogP contribution in [0.15, 0.2) is 17.2 Å². The van der Waals surface area contributed by atoms with Crippen LogP contribution in [-0.2, 0) is 0 Å². The van der Waals surface area contributed by atoms with Crippen molar-refractivity contribution in [2.24, 2.45) is 11.7 Å². The smallest absolute Gasteiger partial charge is 0.293 e. The third-order valence-electron chi connectivity index (χ3n) is 4.54. The lowest BCUT2D eigenvalue weighted by atomic mass is 10.0. The number of hydrogen-bond donors (Lipinski definition) is 1. The van der Waals surface area contributed by atoms with Gasteiger partial charge in [-0.25, -0.2) is 4.98 Å². The third-order valence-corrected chi connectivity index (χ3v) is 4.54. The fourth-order valence-corrected chi connectivity index (χ4v) is 3.26. The van der Waals surface area contributed by atoms with Crippen molar-refractivity contribution in [3.05, 3.63) is 22.7 Å². The molecule has 19 heavy (non-hydrogen) atoms. The molecule has 0 amide bonds. The quantitative estimate of drug-likeness (QED) is 0.884. The molecule has 5 nitrogen and oxygen atoms in total. The molecule has 5 heteroatoms. The first-order chi connectivity index (χ1) is 9.22. The summed E-state index contributed by atoms with van der Waals surface area (Å²) in [4.78, 5) is 18.8. The van der Waals surface area contributed by atoms with Crippen LogP contribution in [0.2, 0.25) is 0 Å². The summed E-state index contributed by atoms with van der Waals surface area (Å²) in [6.07, 6.45) is 9.25. The molecule has 0 spiro atoms. The van der Waals surface area contributed by atoms with E-state index in [-0.39, 0.29) is 5.56 Å². The minimum Gasteiger partial charge on any atom is -0.352 e. The number of hydrogen-bond acceptors (Lipinski definition) is 4. The van der Waals surface area contributed by atoms with Gasteiger partial charge in [-0.05, 0) is 38.1 Å². The molecule has 1 heterocycles. The molecule has 0 saturated heterocycles. The van der Waals surface area contributed by atoms with Gasteiger partial charge >= 0.3 is 0 Å². The van der Waals surface area contributed by atoms with Crippen molar-refractivity contribution in [1.82, 2.24) is 9.55 Å². The average Bonchev–Trinajstić information content (AvgIpc) is 3.15. The Morgan fingerprint density at radius 1 is 1.42 bits per heavy atom. The van der Waals surface area contributed by atoms with Crippen LogP contribution in [0, 0.1) is 5.92 Å². The Morgan fingerprint density at radius 3 is 2.89 bits per heavy atom. The van der Waals surface area contributed by atoms with Crippen LogP contribution in [0.1, 0.15) is 38.1 Å². The number of anilines is 1. The van der Waals surface area contributed by atoms with E-state index in [0.717, 1.165) is 25.7 Å². The van der Waals surface area contributed by atoms with Gasteiger partial charge < -0.3 is 15.2 Å². The van der Waals surface area contributed by atoms with E-state index in [1.54, 1.807) is 6.20 Å². The molecule has 2 aliphatic carbocycles. The molecular formula is C14H22N4O. The summed E-state index contributed by atoms with van der Waals surface area (Å²) in [7, 11) is 1.99. The highest BCUT2D eigenvalue weighted by Gasteiger charge is 2.32. The second-order valence-electron chi connectivity index (χ2n) is 5.80. The average molecular weight is 262 g/mol. The minimum absolute atomic E-state index is 0.0511. The van der Waals surface area contributed by atoms with Crippen LogP contribution in [0.5, 0.6) is 0 Å². The van der Waals surface area contributed by atoms with E-state index >= 15 is 0 Å². The van der Waals surface area contributed by atoms with E-state index in [9.17, 15) is 4.79 Å². The molecule has 1 aromatic heterocycles. The summed E-state index contributed by atoms with van der Waals surface area (Å²) in [6.45, 7) is 0.693. The van der Waals surface area contributed by atoms with E-state index in [1.807, 2.05) is 17.8 Å². The van der Waals surface area contributed by atoms with E-state index in [2.05, 4.69) is 9.88 Å². The molecule has 0 bridgehead atoms. The van der Waals surface area contributed by atoms with Crippen LogP contribution < -0.4 is 16.2 Å². The Hall–Kier alpha value is -1.36. The van der Waals surface area contributed by atoms with Crippen LogP contribution >= 0.6 is 0 Å². The summed E-state index contributed by atoms with van der Waals surface area (Å²) in [5.41, 5.74) is 5.89. The second kappa shape index (κ2) is 4.96. The Balaban J connectivity index is 1.89. The molecule has 0 aromatic carbocycles. The highest BCUT2D eigenvalue weighted by atomic mass is 16.1. The van der Waals surface area contributed by atoms with Crippen LogP contribution in [0.25, 0.3) is 0 Å². The summed E-state index contributed by atoms with van der Waals surface area (Å²) in [5.74, 6) is 1.07. The molecule has 2 saturated carbocycles. The van der Waals surface area contributed by atoms with Gasteiger partial charge in [0.25, 0.3) is 5.56 Å². The maximum Gasteiger partial charge on any atom is 0.293 e. The first-order valence-electron chi connectivity index (χ1n) is 7.22. The largest absolute Gasteiger partial charge is 0.352 e. The number of nitrogens with zero attached hydrogens (tertiary/aromatic N) is 3. The number of nitrogens with two attached hydrogens (primary N) is 1. The molecule has 2 fully saturated rings. The molecule has 2 aliphatic rings. The lowest BCUT2D eigenvalue weighted by molar-refractivity contribution is 0.470. The Labute approximate surface area is 113 Å². The molecule has 104 valence electrons. The predicted octanol–water partition coefficient (Wildman–Crippen LogP) is 1.14. The molecule has 2 N–H and O–H groups in total. The monoisotopic (exact) mass is 262 g/mol. The van der Waals surface area contributed by atoms with Gasteiger partial charge in [-0.2, -0.15) is 0 Å².